The summed E-state index contributed by atoms with van der Waals surface area (Å²) >= 11 is 1.33. The van der Waals surface area contributed by atoms with Crippen molar-refractivity contribution in [2.75, 3.05) is 5.32 Å². The van der Waals surface area contributed by atoms with Crippen molar-refractivity contribution in [2.24, 2.45) is 0 Å². The number of para-hydroxylation sites is 3. The number of nitrogens with zero attached hydrogens (tertiary/aromatic N) is 1. The second-order valence-electron chi connectivity index (χ2n) is 6.48. The summed E-state index contributed by atoms with van der Waals surface area (Å²) < 4.78 is 17.5. The number of furan rings is 1. The number of anilines is 1. The van der Waals surface area contributed by atoms with Crippen LogP contribution in [-0.2, 0) is 4.79 Å². The van der Waals surface area contributed by atoms with Crippen molar-refractivity contribution >= 4 is 33.3 Å². The number of carbonyl (C=O) groups is 1. The quantitative estimate of drug-likeness (QED) is 0.546. The number of amides is 1. The number of thiazole rings is 1. The van der Waals surface area contributed by atoms with E-state index in [1.54, 1.807) is 6.07 Å². The minimum absolute atomic E-state index is 0.299. The molecular weight excluding hydrogens is 376 g/mol. The Kier molecular flexibility index (Phi) is 4.02. The number of benzene rings is 2. The molecule has 3 heterocycles. The molecular formula is C21H16N2O4S. The lowest BCUT2D eigenvalue weighted by Crippen LogP contribution is -2.46. The van der Waals surface area contributed by atoms with E-state index < -0.39 is 12.2 Å². The maximum atomic E-state index is 12.7. The Hall–Kier alpha value is -3.32. The highest BCUT2D eigenvalue weighted by molar-refractivity contribution is 7.14. The molecule has 5 rings (SSSR count). The number of rotatable bonds is 3. The van der Waals surface area contributed by atoms with Gasteiger partial charge in [-0.2, -0.15) is 0 Å². The standard InChI is InChI=1S/C21H16N2O4S/c1-12-19(27-17-9-5-4-8-16(17)25-12)20(24)23-21-22-14(11-28-21)18-10-13-6-2-3-7-15(13)26-18/h2-12,19H,1H3,(H,22,23,24). The molecule has 0 bridgehead atoms. The molecule has 0 fully saturated rings. The van der Waals surface area contributed by atoms with Crippen LogP contribution in [0.15, 0.2) is 64.4 Å². The highest BCUT2D eigenvalue weighted by Gasteiger charge is 2.34. The molecule has 0 spiro atoms. The van der Waals surface area contributed by atoms with Crippen LogP contribution >= 0.6 is 11.3 Å². The number of hydrogen-bond donors (Lipinski definition) is 1. The lowest BCUT2D eigenvalue weighted by Gasteiger charge is -2.30. The summed E-state index contributed by atoms with van der Waals surface area (Å²) in [5.74, 6) is 1.56. The highest BCUT2D eigenvalue weighted by atomic mass is 32.1. The van der Waals surface area contributed by atoms with Crippen molar-refractivity contribution in [1.82, 2.24) is 4.98 Å². The first kappa shape index (κ1) is 16.8. The molecule has 28 heavy (non-hydrogen) atoms. The summed E-state index contributed by atoms with van der Waals surface area (Å²) in [5.41, 5.74) is 1.48. The monoisotopic (exact) mass is 392 g/mol. The van der Waals surface area contributed by atoms with E-state index in [-0.39, 0.29) is 5.91 Å². The van der Waals surface area contributed by atoms with Crippen molar-refractivity contribution in [3.63, 3.8) is 0 Å². The normalized spacial score (nSPS) is 18.2. The predicted octanol–water partition coefficient (Wildman–Crippen LogP) is 4.72. The molecule has 1 aliphatic heterocycles. The summed E-state index contributed by atoms with van der Waals surface area (Å²) in [4.78, 5) is 17.2. The maximum absolute atomic E-state index is 12.7. The third-order valence-corrected chi connectivity index (χ3v) is 5.27. The SMILES string of the molecule is CC1Oc2ccccc2OC1C(=O)Nc1nc(-c2cc3ccccc3o2)cs1. The molecule has 2 aromatic heterocycles. The Morgan fingerprint density at radius 3 is 2.64 bits per heavy atom. The molecule has 1 aliphatic rings. The van der Waals surface area contributed by atoms with Crippen LogP contribution in [0.5, 0.6) is 11.5 Å². The van der Waals surface area contributed by atoms with Crippen LogP contribution in [0.2, 0.25) is 0 Å². The molecule has 4 aromatic rings. The average molecular weight is 392 g/mol. The second-order valence-corrected chi connectivity index (χ2v) is 7.34. The predicted molar refractivity (Wildman–Crippen MR) is 107 cm³/mol. The van der Waals surface area contributed by atoms with Crippen LogP contribution in [0, 0.1) is 0 Å². The molecule has 2 unspecified atom stereocenters. The van der Waals surface area contributed by atoms with Crippen LogP contribution in [0.25, 0.3) is 22.4 Å². The Morgan fingerprint density at radius 2 is 1.82 bits per heavy atom. The lowest BCUT2D eigenvalue weighted by atomic mass is 10.1. The molecule has 2 aromatic carbocycles. The number of aromatic nitrogens is 1. The van der Waals surface area contributed by atoms with E-state index >= 15 is 0 Å². The first-order chi connectivity index (χ1) is 13.7. The summed E-state index contributed by atoms with van der Waals surface area (Å²) in [5, 5.41) is 6.16. The zero-order valence-corrected chi connectivity index (χ0v) is 15.7. The average Bonchev–Trinajstić information content (AvgIpc) is 3.34. The third kappa shape index (κ3) is 2.99. The Balaban J connectivity index is 1.33. The van der Waals surface area contributed by atoms with Gasteiger partial charge in [0.25, 0.3) is 5.91 Å². The molecule has 1 N–H and O–H groups in total. The number of hydrogen-bond acceptors (Lipinski definition) is 6. The molecule has 0 saturated carbocycles. The van der Waals surface area contributed by atoms with Gasteiger partial charge < -0.3 is 13.9 Å². The van der Waals surface area contributed by atoms with Gasteiger partial charge >= 0.3 is 0 Å². The number of fused-ring (bicyclic) bond motifs is 2. The lowest BCUT2D eigenvalue weighted by molar-refractivity contribution is -0.128. The topological polar surface area (TPSA) is 73.6 Å². The van der Waals surface area contributed by atoms with E-state index in [1.807, 2.05) is 60.8 Å². The fourth-order valence-corrected chi connectivity index (χ4v) is 3.84. The smallest absolute Gasteiger partial charge is 0.271 e. The molecule has 0 aliphatic carbocycles. The third-order valence-electron chi connectivity index (χ3n) is 4.51. The van der Waals surface area contributed by atoms with Gasteiger partial charge in [-0.25, -0.2) is 4.98 Å². The number of carbonyl (C=O) groups excluding carboxylic acids is 1. The summed E-state index contributed by atoms with van der Waals surface area (Å²) in [6.07, 6.45) is -1.17. The van der Waals surface area contributed by atoms with Crippen molar-refractivity contribution in [3.8, 4) is 23.0 Å². The van der Waals surface area contributed by atoms with Gasteiger partial charge in [0.2, 0.25) is 6.10 Å². The van der Waals surface area contributed by atoms with E-state index in [0.717, 1.165) is 11.0 Å². The minimum atomic E-state index is -0.756. The summed E-state index contributed by atoms with van der Waals surface area (Å²) in [6, 6.07) is 17.0. The minimum Gasteiger partial charge on any atom is -0.482 e. The van der Waals surface area contributed by atoms with E-state index in [9.17, 15) is 4.79 Å². The van der Waals surface area contributed by atoms with E-state index in [1.165, 1.54) is 11.3 Å². The Morgan fingerprint density at radius 1 is 1.07 bits per heavy atom. The second kappa shape index (κ2) is 6.69. The van der Waals surface area contributed by atoms with Gasteiger partial charge in [-0.1, -0.05) is 30.3 Å². The van der Waals surface area contributed by atoms with E-state index in [0.29, 0.717) is 28.1 Å². The van der Waals surface area contributed by atoms with E-state index in [2.05, 4.69) is 10.3 Å². The molecule has 1 amide bonds. The fraction of sp³-hybridized carbons (Fsp3) is 0.143. The number of nitrogens with one attached hydrogen (secondary N) is 1. The Labute approximate surface area is 164 Å². The van der Waals surface area contributed by atoms with Gasteiger partial charge in [0.1, 0.15) is 17.4 Å². The Bertz CT molecular complexity index is 1130. The molecule has 0 saturated heterocycles. The number of ether oxygens (including phenoxy) is 2. The fourth-order valence-electron chi connectivity index (χ4n) is 3.14. The van der Waals surface area contributed by atoms with Crippen LogP contribution in [-0.4, -0.2) is 23.1 Å². The van der Waals surface area contributed by atoms with E-state index in [4.69, 9.17) is 13.9 Å². The van der Waals surface area contributed by atoms with Crippen molar-refractivity contribution < 1.29 is 18.7 Å². The largest absolute Gasteiger partial charge is 0.482 e. The first-order valence-electron chi connectivity index (χ1n) is 8.85. The van der Waals surface area contributed by atoms with Crippen molar-refractivity contribution in [2.45, 2.75) is 19.1 Å². The first-order valence-corrected chi connectivity index (χ1v) is 9.73. The molecule has 6 nitrogen and oxygen atoms in total. The molecule has 7 heteroatoms. The van der Waals surface area contributed by atoms with Crippen molar-refractivity contribution in [3.05, 3.63) is 60.0 Å². The molecule has 140 valence electrons. The zero-order valence-electron chi connectivity index (χ0n) is 14.9. The van der Waals surface area contributed by atoms with Crippen molar-refractivity contribution in [1.29, 1.82) is 0 Å². The zero-order chi connectivity index (χ0) is 19.1. The van der Waals surface area contributed by atoms with Gasteiger partial charge in [0, 0.05) is 10.8 Å². The van der Waals surface area contributed by atoms with Gasteiger partial charge in [0.15, 0.2) is 22.4 Å². The van der Waals surface area contributed by atoms with Crippen LogP contribution in [0.1, 0.15) is 6.92 Å². The highest BCUT2D eigenvalue weighted by Crippen LogP contribution is 2.34. The van der Waals surface area contributed by atoms with Gasteiger partial charge in [-0.05, 0) is 31.2 Å². The van der Waals surface area contributed by atoms with Gasteiger partial charge in [0.05, 0.1) is 0 Å². The maximum Gasteiger partial charge on any atom is 0.271 e. The molecule has 0 radical (unpaired) electrons. The van der Waals surface area contributed by atoms with Crippen LogP contribution < -0.4 is 14.8 Å². The molecule has 2 atom stereocenters. The van der Waals surface area contributed by atoms with Crippen LogP contribution in [0.3, 0.4) is 0 Å². The van der Waals surface area contributed by atoms with Gasteiger partial charge in [-0.3, -0.25) is 10.1 Å². The summed E-state index contributed by atoms with van der Waals surface area (Å²) in [6.45, 7) is 1.81. The van der Waals surface area contributed by atoms with Crippen LogP contribution in [0.4, 0.5) is 5.13 Å². The summed E-state index contributed by atoms with van der Waals surface area (Å²) in [7, 11) is 0. The van der Waals surface area contributed by atoms with Gasteiger partial charge in [-0.15, -0.1) is 11.3 Å².